The van der Waals surface area contributed by atoms with Crippen molar-refractivity contribution in [2.45, 2.75) is 26.3 Å². The second kappa shape index (κ2) is 10.7. The summed E-state index contributed by atoms with van der Waals surface area (Å²) in [6.07, 6.45) is 0.814. The number of ether oxygens (including phenoxy) is 1. The van der Waals surface area contributed by atoms with Crippen LogP contribution < -0.4 is 20.7 Å². The molecular weight excluding hydrogens is 358 g/mol. The smallest absolute Gasteiger partial charge is 0.258 e. The first kappa shape index (κ1) is 21.0. The minimum absolute atomic E-state index is 0.197. The van der Waals surface area contributed by atoms with E-state index in [0.29, 0.717) is 23.5 Å². The molecule has 1 unspecified atom stereocenters. The highest BCUT2D eigenvalue weighted by Crippen LogP contribution is 2.15. The Morgan fingerprint density at radius 1 is 1.00 bits per heavy atom. The Balaban J connectivity index is 1.90. The molecule has 0 aliphatic carbocycles. The van der Waals surface area contributed by atoms with E-state index in [1.807, 2.05) is 13.0 Å². The second-order valence-corrected chi connectivity index (χ2v) is 6.18. The molecule has 0 aromatic heterocycles. The van der Waals surface area contributed by atoms with Crippen LogP contribution in [-0.4, -0.2) is 36.9 Å². The molecule has 2 aromatic carbocycles. The van der Waals surface area contributed by atoms with Crippen LogP contribution >= 0.6 is 0 Å². The fraction of sp³-hybridized carbons (Fsp3) is 0.286. The third-order valence-electron chi connectivity index (χ3n) is 3.85. The third-order valence-corrected chi connectivity index (χ3v) is 3.85. The van der Waals surface area contributed by atoms with Gasteiger partial charge >= 0.3 is 0 Å². The highest BCUT2D eigenvalue weighted by Gasteiger charge is 2.18. The number of rotatable bonds is 9. The summed E-state index contributed by atoms with van der Waals surface area (Å²) in [5.41, 5.74) is 0.762. The summed E-state index contributed by atoms with van der Waals surface area (Å²) >= 11 is 0. The lowest BCUT2D eigenvalue weighted by Crippen LogP contribution is -2.43. The van der Waals surface area contributed by atoms with E-state index in [4.69, 9.17) is 4.74 Å². The first-order valence-electron chi connectivity index (χ1n) is 9.16. The maximum Gasteiger partial charge on any atom is 0.258 e. The normalized spacial score (nSPS) is 11.2. The molecule has 2 aromatic rings. The monoisotopic (exact) mass is 383 g/mol. The van der Waals surface area contributed by atoms with Crippen molar-refractivity contribution < 1.29 is 19.1 Å². The van der Waals surface area contributed by atoms with Crippen LogP contribution in [0.4, 0.5) is 5.69 Å². The van der Waals surface area contributed by atoms with Gasteiger partial charge in [0.05, 0.1) is 11.3 Å². The Bertz CT molecular complexity index is 808. The molecule has 0 saturated heterocycles. The summed E-state index contributed by atoms with van der Waals surface area (Å²) in [7, 11) is 0. The van der Waals surface area contributed by atoms with Gasteiger partial charge in [-0.05, 0) is 37.6 Å². The first-order chi connectivity index (χ1) is 13.5. The van der Waals surface area contributed by atoms with Crippen LogP contribution in [0.3, 0.4) is 0 Å². The molecule has 0 radical (unpaired) electrons. The zero-order valence-corrected chi connectivity index (χ0v) is 16.0. The van der Waals surface area contributed by atoms with Crippen molar-refractivity contribution in [3.63, 3.8) is 0 Å². The summed E-state index contributed by atoms with van der Waals surface area (Å²) in [6.45, 7) is 3.88. The van der Waals surface area contributed by atoms with Gasteiger partial charge < -0.3 is 20.7 Å². The van der Waals surface area contributed by atoms with Crippen molar-refractivity contribution in [2.24, 2.45) is 0 Å². The molecule has 148 valence electrons. The summed E-state index contributed by atoms with van der Waals surface area (Å²) < 4.78 is 5.36. The topological polar surface area (TPSA) is 96.5 Å². The molecule has 7 nitrogen and oxygen atoms in total. The Labute approximate surface area is 164 Å². The number of hydrogen-bond acceptors (Lipinski definition) is 4. The molecule has 0 fully saturated rings. The maximum absolute atomic E-state index is 12.4. The van der Waals surface area contributed by atoms with E-state index in [9.17, 15) is 14.4 Å². The second-order valence-electron chi connectivity index (χ2n) is 6.18. The predicted octanol–water partition coefficient (Wildman–Crippen LogP) is 2.35. The van der Waals surface area contributed by atoms with E-state index in [0.717, 1.165) is 6.42 Å². The summed E-state index contributed by atoms with van der Waals surface area (Å²) in [5, 5.41) is 8.05. The molecule has 0 heterocycles. The zero-order valence-electron chi connectivity index (χ0n) is 16.0. The van der Waals surface area contributed by atoms with E-state index < -0.39 is 17.9 Å². The standard InChI is InChI=1S/C21H25N3O4/c1-3-13-22-21(27)17-11-7-8-12-18(17)24-20(26)15(2)23-19(25)14-28-16-9-5-4-6-10-16/h4-12,15H,3,13-14H2,1-2H3,(H,22,27)(H,23,25)(H,24,26). The molecule has 0 spiro atoms. The number of benzene rings is 2. The number of nitrogens with one attached hydrogen (secondary N) is 3. The molecule has 0 aliphatic rings. The number of para-hydroxylation sites is 2. The van der Waals surface area contributed by atoms with Crippen LogP contribution in [0.15, 0.2) is 54.6 Å². The number of carbonyl (C=O) groups excluding carboxylic acids is 3. The van der Waals surface area contributed by atoms with Gasteiger partial charge in [0.25, 0.3) is 11.8 Å². The Hall–Kier alpha value is -3.35. The van der Waals surface area contributed by atoms with Gasteiger partial charge in [0.1, 0.15) is 11.8 Å². The van der Waals surface area contributed by atoms with Crippen molar-refractivity contribution in [3.8, 4) is 5.75 Å². The van der Waals surface area contributed by atoms with Crippen molar-refractivity contribution in [2.75, 3.05) is 18.5 Å². The molecular formula is C21H25N3O4. The van der Waals surface area contributed by atoms with Crippen LogP contribution in [-0.2, 0) is 9.59 Å². The van der Waals surface area contributed by atoms with Gasteiger partial charge in [-0.1, -0.05) is 37.3 Å². The lowest BCUT2D eigenvalue weighted by Gasteiger charge is -2.16. The Kier molecular flexibility index (Phi) is 8.02. The average molecular weight is 383 g/mol. The fourth-order valence-corrected chi connectivity index (χ4v) is 2.38. The van der Waals surface area contributed by atoms with Crippen LogP contribution in [0.2, 0.25) is 0 Å². The zero-order chi connectivity index (χ0) is 20.4. The van der Waals surface area contributed by atoms with E-state index in [2.05, 4.69) is 16.0 Å². The van der Waals surface area contributed by atoms with E-state index in [1.165, 1.54) is 0 Å². The van der Waals surface area contributed by atoms with Gasteiger partial charge in [-0.25, -0.2) is 0 Å². The molecule has 0 bridgehead atoms. The Morgan fingerprint density at radius 3 is 2.39 bits per heavy atom. The van der Waals surface area contributed by atoms with Gasteiger partial charge in [0, 0.05) is 6.54 Å². The minimum atomic E-state index is -0.793. The fourth-order valence-electron chi connectivity index (χ4n) is 2.38. The van der Waals surface area contributed by atoms with Crippen LogP contribution in [0, 0.1) is 0 Å². The van der Waals surface area contributed by atoms with Gasteiger partial charge in [0.15, 0.2) is 6.61 Å². The van der Waals surface area contributed by atoms with E-state index in [-0.39, 0.29) is 12.5 Å². The van der Waals surface area contributed by atoms with Crippen LogP contribution in [0.1, 0.15) is 30.6 Å². The maximum atomic E-state index is 12.4. The van der Waals surface area contributed by atoms with Gasteiger partial charge in [0.2, 0.25) is 5.91 Å². The minimum Gasteiger partial charge on any atom is -0.484 e. The third kappa shape index (κ3) is 6.42. The highest BCUT2D eigenvalue weighted by molar-refractivity contribution is 6.05. The molecule has 0 saturated carbocycles. The van der Waals surface area contributed by atoms with Gasteiger partial charge in [-0.2, -0.15) is 0 Å². The van der Waals surface area contributed by atoms with Crippen molar-refractivity contribution in [1.29, 1.82) is 0 Å². The molecule has 3 N–H and O–H groups in total. The number of hydrogen-bond donors (Lipinski definition) is 3. The highest BCUT2D eigenvalue weighted by atomic mass is 16.5. The predicted molar refractivity (Wildman–Crippen MR) is 107 cm³/mol. The molecule has 1 atom stereocenters. The SMILES string of the molecule is CCCNC(=O)c1ccccc1NC(=O)C(C)NC(=O)COc1ccccc1. The van der Waals surface area contributed by atoms with Crippen molar-refractivity contribution in [1.82, 2.24) is 10.6 Å². The number of amides is 3. The molecule has 7 heteroatoms. The summed E-state index contributed by atoms with van der Waals surface area (Å²) in [5.74, 6) is -0.531. The molecule has 0 aliphatic heterocycles. The molecule has 3 amide bonds. The quantitative estimate of drug-likeness (QED) is 0.619. The van der Waals surface area contributed by atoms with Crippen LogP contribution in [0.5, 0.6) is 5.75 Å². The summed E-state index contributed by atoms with van der Waals surface area (Å²) in [4.78, 5) is 36.6. The van der Waals surface area contributed by atoms with E-state index in [1.54, 1.807) is 55.5 Å². The lowest BCUT2D eigenvalue weighted by molar-refractivity contribution is -0.127. The van der Waals surface area contributed by atoms with Crippen LogP contribution in [0.25, 0.3) is 0 Å². The van der Waals surface area contributed by atoms with Crippen molar-refractivity contribution in [3.05, 3.63) is 60.2 Å². The van der Waals surface area contributed by atoms with Crippen molar-refractivity contribution >= 4 is 23.4 Å². The van der Waals surface area contributed by atoms with E-state index >= 15 is 0 Å². The largest absolute Gasteiger partial charge is 0.484 e. The first-order valence-corrected chi connectivity index (χ1v) is 9.16. The Morgan fingerprint density at radius 2 is 1.68 bits per heavy atom. The molecule has 28 heavy (non-hydrogen) atoms. The number of anilines is 1. The lowest BCUT2D eigenvalue weighted by atomic mass is 10.1. The average Bonchev–Trinajstić information content (AvgIpc) is 2.71. The molecule has 2 rings (SSSR count). The van der Waals surface area contributed by atoms with Gasteiger partial charge in [-0.3, -0.25) is 14.4 Å². The summed E-state index contributed by atoms with van der Waals surface area (Å²) in [6, 6.07) is 14.9. The number of carbonyl (C=O) groups is 3. The van der Waals surface area contributed by atoms with Gasteiger partial charge in [-0.15, -0.1) is 0 Å².